The van der Waals surface area contributed by atoms with E-state index in [4.69, 9.17) is 0 Å². The first kappa shape index (κ1) is 16.8. The number of amides is 1. The number of unbranched alkanes of at least 4 members (excludes halogenated alkanes) is 1. The third-order valence-electron chi connectivity index (χ3n) is 5.26. The summed E-state index contributed by atoms with van der Waals surface area (Å²) < 4.78 is 0. The third kappa shape index (κ3) is 4.70. The molecule has 0 aromatic rings. The smallest absolute Gasteiger partial charge is 0.241 e. The predicted molar refractivity (Wildman–Crippen MR) is 88.0 cm³/mol. The zero-order chi connectivity index (χ0) is 15.1. The van der Waals surface area contributed by atoms with Crippen LogP contribution in [-0.4, -0.2) is 29.6 Å². The largest absolute Gasteiger partial charge is 0.326 e. The van der Waals surface area contributed by atoms with Crippen molar-refractivity contribution in [3.8, 4) is 0 Å². The van der Waals surface area contributed by atoms with E-state index in [1.807, 2.05) is 0 Å². The van der Waals surface area contributed by atoms with Crippen LogP contribution in [0.5, 0.6) is 0 Å². The van der Waals surface area contributed by atoms with E-state index >= 15 is 0 Å². The van der Waals surface area contributed by atoms with E-state index in [-0.39, 0.29) is 6.04 Å². The van der Waals surface area contributed by atoms with Gasteiger partial charge in [-0.2, -0.15) is 0 Å². The molecular weight excluding hydrogens is 260 g/mol. The van der Waals surface area contributed by atoms with Gasteiger partial charge in [-0.15, -0.1) is 0 Å². The molecule has 0 radical (unpaired) electrons. The van der Waals surface area contributed by atoms with Gasteiger partial charge in [0.15, 0.2) is 0 Å². The van der Waals surface area contributed by atoms with Gasteiger partial charge in [0, 0.05) is 6.54 Å². The van der Waals surface area contributed by atoms with E-state index in [9.17, 15) is 4.79 Å². The van der Waals surface area contributed by atoms with Crippen LogP contribution in [0.3, 0.4) is 0 Å². The Morgan fingerprint density at radius 3 is 2.48 bits per heavy atom. The standard InChI is InChI=1S/C18H34N2O/c1-3-5-12-16-18(21)20(17(19-16)9-4-2)14-13-15-10-7-6-8-11-15/h15-17,19H,3-14H2,1-2H3. The van der Waals surface area contributed by atoms with Gasteiger partial charge in [0.25, 0.3) is 0 Å². The summed E-state index contributed by atoms with van der Waals surface area (Å²) >= 11 is 0. The first-order valence-corrected chi connectivity index (χ1v) is 9.32. The summed E-state index contributed by atoms with van der Waals surface area (Å²) in [6.45, 7) is 5.39. The maximum atomic E-state index is 12.6. The summed E-state index contributed by atoms with van der Waals surface area (Å²) in [4.78, 5) is 14.8. The fourth-order valence-electron chi connectivity index (χ4n) is 3.94. The van der Waals surface area contributed by atoms with Gasteiger partial charge in [-0.25, -0.2) is 0 Å². The predicted octanol–water partition coefficient (Wildman–Crippen LogP) is 4.07. The molecule has 21 heavy (non-hydrogen) atoms. The summed E-state index contributed by atoms with van der Waals surface area (Å²) in [5.74, 6) is 1.24. The molecule has 2 aliphatic rings. The van der Waals surface area contributed by atoms with Gasteiger partial charge >= 0.3 is 0 Å². The van der Waals surface area contributed by atoms with Gasteiger partial charge < -0.3 is 4.90 Å². The number of carbonyl (C=O) groups excluding carboxylic acids is 1. The van der Waals surface area contributed by atoms with Crippen molar-refractivity contribution in [1.82, 2.24) is 10.2 Å². The summed E-state index contributed by atoms with van der Waals surface area (Å²) in [5.41, 5.74) is 0. The van der Waals surface area contributed by atoms with Crippen LogP contribution in [0, 0.1) is 5.92 Å². The Morgan fingerprint density at radius 1 is 1.05 bits per heavy atom. The maximum absolute atomic E-state index is 12.6. The molecule has 1 N–H and O–H groups in total. The maximum Gasteiger partial charge on any atom is 0.241 e. The van der Waals surface area contributed by atoms with Gasteiger partial charge in [0.1, 0.15) is 0 Å². The van der Waals surface area contributed by atoms with Gasteiger partial charge in [-0.1, -0.05) is 65.2 Å². The van der Waals surface area contributed by atoms with E-state index in [1.165, 1.54) is 44.9 Å². The van der Waals surface area contributed by atoms with Crippen LogP contribution >= 0.6 is 0 Å². The first-order valence-electron chi connectivity index (χ1n) is 9.32. The van der Waals surface area contributed by atoms with Crippen molar-refractivity contribution in [2.75, 3.05) is 6.54 Å². The second kappa shape index (κ2) is 8.77. The molecule has 2 atom stereocenters. The minimum Gasteiger partial charge on any atom is -0.326 e. The summed E-state index contributed by atoms with van der Waals surface area (Å²) in [7, 11) is 0. The lowest BCUT2D eigenvalue weighted by Crippen LogP contribution is -2.38. The topological polar surface area (TPSA) is 32.3 Å². The Hall–Kier alpha value is -0.570. The molecule has 1 saturated heterocycles. The highest BCUT2D eigenvalue weighted by Gasteiger charge is 2.37. The molecule has 1 saturated carbocycles. The second-order valence-electron chi connectivity index (χ2n) is 6.99. The quantitative estimate of drug-likeness (QED) is 0.732. The van der Waals surface area contributed by atoms with Gasteiger partial charge in [0.2, 0.25) is 5.91 Å². The fourth-order valence-corrected chi connectivity index (χ4v) is 3.94. The molecule has 1 heterocycles. The van der Waals surface area contributed by atoms with Crippen LogP contribution in [0.2, 0.25) is 0 Å². The molecule has 122 valence electrons. The van der Waals surface area contributed by atoms with Gasteiger partial charge in [-0.05, 0) is 25.2 Å². The van der Waals surface area contributed by atoms with Crippen molar-refractivity contribution < 1.29 is 4.79 Å². The van der Waals surface area contributed by atoms with Crippen molar-refractivity contribution in [3.63, 3.8) is 0 Å². The molecule has 3 nitrogen and oxygen atoms in total. The van der Waals surface area contributed by atoms with E-state index in [0.29, 0.717) is 12.1 Å². The highest BCUT2D eigenvalue weighted by molar-refractivity contribution is 5.84. The summed E-state index contributed by atoms with van der Waals surface area (Å²) in [6, 6.07) is 0.0906. The van der Waals surface area contributed by atoms with E-state index in [2.05, 4.69) is 24.1 Å². The highest BCUT2D eigenvalue weighted by Crippen LogP contribution is 2.28. The molecule has 0 aromatic heterocycles. The van der Waals surface area contributed by atoms with Crippen molar-refractivity contribution in [2.24, 2.45) is 5.92 Å². The third-order valence-corrected chi connectivity index (χ3v) is 5.26. The molecule has 2 rings (SSSR count). The van der Waals surface area contributed by atoms with Crippen LogP contribution in [0.4, 0.5) is 0 Å². The lowest BCUT2D eigenvalue weighted by atomic mass is 9.87. The molecule has 0 bridgehead atoms. The highest BCUT2D eigenvalue weighted by atomic mass is 16.2. The molecule has 1 aliphatic heterocycles. The van der Waals surface area contributed by atoms with Gasteiger partial charge in [0.05, 0.1) is 12.2 Å². The Morgan fingerprint density at radius 2 is 1.81 bits per heavy atom. The lowest BCUT2D eigenvalue weighted by Gasteiger charge is -2.28. The van der Waals surface area contributed by atoms with Crippen LogP contribution in [0.15, 0.2) is 0 Å². The Balaban J connectivity index is 1.85. The second-order valence-corrected chi connectivity index (χ2v) is 6.99. The SMILES string of the molecule is CCCCC1NC(CCC)N(CCC2CCCCC2)C1=O. The monoisotopic (exact) mass is 294 g/mol. The minimum absolute atomic E-state index is 0.0906. The number of nitrogens with one attached hydrogen (secondary N) is 1. The number of nitrogens with zero attached hydrogens (tertiary/aromatic N) is 1. The van der Waals surface area contributed by atoms with Crippen LogP contribution in [-0.2, 0) is 4.79 Å². The average Bonchev–Trinajstić information content (AvgIpc) is 2.80. The van der Waals surface area contributed by atoms with E-state index < -0.39 is 0 Å². The van der Waals surface area contributed by atoms with E-state index in [0.717, 1.165) is 38.1 Å². The van der Waals surface area contributed by atoms with Crippen LogP contribution in [0.1, 0.15) is 84.5 Å². The summed E-state index contributed by atoms with van der Waals surface area (Å²) in [5, 5.41) is 3.59. The van der Waals surface area contributed by atoms with Crippen molar-refractivity contribution in [1.29, 1.82) is 0 Å². The number of hydrogen-bond donors (Lipinski definition) is 1. The number of carbonyl (C=O) groups is 1. The zero-order valence-electron chi connectivity index (χ0n) is 14.1. The molecule has 0 aromatic carbocycles. The van der Waals surface area contributed by atoms with Crippen LogP contribution in [0.25, 0.3) is 0 Å². The average molecular weight is 294 g/mol. The van der Waals surface area contributed by atoms with Crippen molar-refractivity contribution >= 4 is 5.91 Å². The molecule has 2 unspecified atom stereocenters. The fraction of sp³-hybridized carbons (Fsp3) is 0.944. The molecule has 2 fully saturated rings. The Kier molecular flexibility index (Phi) is 7.01. The number of hydrogen-bond acceptors (Lipinski definition) is 2. The van der Waals surface area contributed by atoms with Crippen molar-refractivity contribution in [2.45, 2.75) is 96.7 Å². The lowest BCUT2D eigenvalue weighted by molar-refractivity contribution is -0.130. The number of rotatable bonds is 8. The summed E-state index contributed by atoms with van der Waals surface area (Å²) in [6.07, 6.45) is 14.1. The van der Waals surface area contributed by atoms with Crippen molar-refractivity contribution in [3.05, 3.63) is 0 Å². The molecule has 0 spiro atoms. The van der Waals surface area contributed by atoms with Gasteiger partial charge in [-0.3, -0.25) is 10.1 Å². The Bertz CT molecular complexity index is 312. The molecule has 1 aliphatic carbocycles. The minimum atomic E-state index is 0.0906. The first-order chi connectivity index (χ1) is 10.3. The molecule has 1 amide bonds. The van der Waals surface area contributed by atoms with Crippen LogP contribution < -0.4 is 5.32 Å². The normalized spacial score (nSPS) is 27.5. The zero-order valence-corrected chi connectivity index (χ0v) is 14.1. The van der Waals surface area contributed by atoms with E-state index in [1.54, 1.807) is 0 Å². The molecule has 3 heteroatoms. The Labute approximate surface area is 130 Å². The molecular formula is C18H34N2O.